The topological polar surface area (TPSA) is 35.0 Å². The first-order valence-electron chi connectivity index (χ1n) is 5.38. The van der Waals surface area contributed by atoms with Gasteiger partial charge >= 0.3 is 0 Å². The molecule has 0 radical (unpaired) electrons. The Hall–Kier alpha value is -1.68. The van der Waals surface area contributed by atoms with E-state index in [2.05, 4.69) is 9.97 Å². The third-order valence-corrected chi connectivity index (χ3v) is 3.00. The first-order valence-corrected chi connectivity index (χ1v) is 5.76. The quantitative estimate of drug-likeness (QED) is 0.780. The molecule has 2 aromatic rings. The number of methoxy groups -OCH3 is 1. The minimum atomic E-state index is -0.447. The lowest BCUT2D eigenvalue weighted by Crippen LogP contribution is -1.99. The maximum absolute atomic E-state index is 14.2. The van der Waals surface area contributed by atoms with Crippen LogP contribution in [0, 0.1) is 19.7 Å². The van der Waals surface area contributed by atoms with E-state index in [0.717, 1.165) is 0 Å². The minimum Gasteiger partial charge on any atom is -0.494 e. The molecule has 0 N–H and O–H groups in total. The van der Waals surface area contributed by atoms with Gasteiger partial charge in [-0.1, -0.05) is 17.7 Å². The van der Waals surface area contributed by atoms with E-state index in [9.17, 15) is 4.39 Å². The Morgan fingerprint density at radius 1 is 1.22 bits per heavy atom. The van der Waals surface area contributed by atoms with Crippen LogP contribution in [0.3, 0.4) is 0 Å². The van der Waals surface area contributed by atoms with Crippen LogP contribution in [0.5, 0.6) is 5.75 Å². The SMILES string of the molecule is COc1cccc(-c2nc(C)nc(Cl)c2C)c1F. The summed E-state index contributed by atoms with van der Waals surface area (Å²) in [7, 11) is 1.42. The van der Waals surface area contributed by atoms with E-state index in [4.69, 9.17) is 16.3 Å². The number of nitrogens with zero attached hydrogens (tertiary/aromatic N) is 2. The summed E-state index contributed by atoms with van der Waals surface area (Å²) in [4.78, 5) is 8.28. The van der Waals surface area contributed by atoms with Crippen molar-refractivity contribution in [3.8, 4) is 17.0 Å². The molecule has 94 valence electrons. The fourth-order valence-electron chi connectivity index (χ4n) is 1.71. The molecule has 0 aliphatic carbocycles. The van der Waals surface area contributed by atoms with Crippen molar-refractivity contribution in [1.29, 1.82) is 0 Å². The van der Waals surface area contributed by atoms with Crippen molar-refractivity contribution in [2.75, 3.05) is 7.11 Å². The highest BCUT2D eigenvalue weighted by Crippen LogP contribution is 2.31. The number of benzene rings is 1. The molecule has 0 spiro atoms. The van der Waals surface area contributed by atoms with Crippen LogP contribution in [0.15, 0.2) is 18.2 Å². The lowest BCUT2D eigenvalue weighted by atomic mass is 10.1. The molecule has 0 bridgehead atoms. The summed E-state index contributed by atoms with van der Waals surface area (Å²) in [6.07, 6.45) is 0. The van der Waals surface area contributed by atoms with Gasteiger partial charge in [0.15, 0.2) is 11.6 Å². The van der Waals surface area contributed by atoms with Crippen molar-refractivity contribution < 1.29 is 9.13 Å². The zero-order valence-electron chi connectivity index (χ0n) is 10.3. The molecular weight excluding hydrogens is 255 g/mol. The molecular formula is C13H12ClFN2O. The molecule has 0 saturated carbocycles. The first-order chi connectivity index (χ1) is 8.54. The van der Waals surface area contributed by atoms with Crippen LogP contribution >= 0.6 is 11.6 Å². The number of halogens is 2. The number of hydrogen-bond acceptors (Lipinski definition) is 3. The summed E-state index contributed by atoms with van der Waals surface area (Å²) in [5.74, 6) is 0.236. The highest BCUT2D eigenvalue weighted by molar-refractivity contribution is 6.30. The number of aromatic nitrogens is 2. The van der Waals surface area contributed by atoms with Gasteiger partial charge < -0.3 is 4.74 Å². The van der Waals surface area contributed by atoms with Crippen molar-refractivity contribution in [1.82, 2.24) is 9.97 Å². The van der Waals surface area contributed by atoms with Gasteiger partial charge in [0.05, 0.1) is 12.8 Å². The number of ether oxygens (including phenoxy) is 1. The second kappa shape index (κ2) is 4.90. The van der Waals surface area contributed by atoms with E-state index in [1.165, 1.54) is 7.11 Å². The van der Waals surface area contributed by atoms with Crippen molar-refractivity contribution in [3.63, 3.8) is 0 Å². The molecule has 0 aliphatic heterocycles. The van der Waals surface area contributed by atoms with Gasteiger partial charge in [-0.15, -0.1) is 0 Å². The molecule has 1 heterocycles. The molecule has 2 rings (SSSR count). The molecule has 1 aromatic heterocycles. The van der Waals surface area contributed by atoms with Gasteiger partial charge in [0.25, 0.3) is 0 Å². The van der Waals surface area contributed by atoms with Crippen LogP contribution in [0.2, 0.25) is 5.15 Å². The fraction of sp³-hybridized carbons (Fsp3) is 0.231. The molecule has 3 nitrogen and oxygen atoms in total. The van der Waals surface area contributed by atoms with Gasteiger partial charge in [0.1, 0.15) is 11.0 Å². The fourth-order valence-corrected chi connectivity index (χ4v) is 1.92. The number of rotatable bonds is 2. The average molecular weight is 267 g/mol. The van der Waals surface area contributed by atoms with E-state index in [-0.39, 0.29) is 5.75 Å². The van der Waals surface area contributed by atoms with Gasteiger partial charge in [-0.05, 0) is 26.0 Å². The van der Waals surface area contributed by atoms with E-state index >= 15 is 0 Å². The molecule has 0 amide bonds. The van der Waals surface area contributed by atoms with Crippen molar-refractivity contribution >= 4 is 11.6 Å². The number of hydrogen-bond donors (Lipinski definition) is 0. The molecule has 5 heteroatoms. The highest BCUT2D eigenvalue weighted by atomic mass is 35.5. The monoisotopic (exact) mass is 266 g/mol. The third-order valence-electron chi connectivity index (χ3n) is 2.64. The van der Waals surface area contributed by atoms with Gasteiger partial charge in [-0.2, -0.15) is 0 Å². The van der Waals surface area contributed by atoms with Crippen LogP contribution in [0.1, 0.15) is 11.4 Å². The van der Waals surface area contributed by atoms with Crippen LogP contribution in [-0.4, -0.2) is 17.1 Å². The third kappa shape index (κ3) is 2.16. The van der Waals surface area contributed by atoms with E-state index in [1.54, 1.807) is 32.0 Å². The van der Waals surface area contributed by atoms with Crippen LogP contribution in [0.25, 0.3) is 11.3 Å². The second-order valence-corrected chi connectivity index (χ2v) is 4.22. The minimum absolute atomic E-state index is 0.180. The Morgan fingerprint density at radius 3 is 2.61 bits per heavy atom. The van der Waals surface area contributed by atoms with Gasteiger partial charge in [0.2, 0.25) is 0 Å². The maximum Gasteiger partial charge on any atom is 0.174 e. The van der Waals surface area contributed by atoms with Gasteiger partial charge in [-0.3, -0.25) is 0 Å². The van der Waals surface area contributed by atoms with E-state index in [0.29, 0.717) is 27.8 Å². The molecule has 0 atom stereocenters. The Labute approximate surface area is 110 Å². The lowest BCUT2D eigenvalue weighted by Gasteiger charge is -2.10. The summed E-state index contributed by atoms with van der Waals surface area (Å²) in [6, 6.07) is 4.91. The molecule has 18 heavy (non-hydrogen) atoms. The maximum atomic E-state index is 14.2. The molecule has 1 aromatic carbocycles. The summed E-state index contributed by atoms with van der Waals surface area (Å²) in [5.41, 5.74) is 1.50. The lowest BCUT2D eigenvalue weighted by molar-refractivity contribution is 0.387. The highest BCUT2D eigenvalue weighted by Gasteiger charge is 2.16. The van der Waals surface area contributed by atoms with Crippen LogP contribution < -0.4 is 4.74 Å². The summed E-state index contributed by atoms with van der Waals surface area (Å²) < 4.78 is 19.1. The zero-order chi connectivity index (χ0) is 13.3. The number of aryl methyl sites for hydroxylation is 1. The predicted octanol–water partition coefficient (Wildman–Crippen LogP) is 3.56. The molecule has 0 aliphatic rings. The summed E-state index contributed by atoms with van der Waals surface area (Å²) in [5, 5.41) is 0.333. The standard InChI is InChI=1S/C13H12ClFN2O/c1-7-12(16-8(2)17-13(7)14)9-5-4-6-10(18-3)11(9)15/h4-6H,1-3H3. The van der Waals surface area contributed by atoms with Gasteiger partial charge in [-0.25, -0.2) is 14.4 Å². The summed E-state index contributed by atoms with van der Waals surface area (Å²) in [6.45, 7) is 3.48. The predicted molar refractivity (Wildman–Crippen MR) is 68.5 cm³/mol. The molecule has 0 fully saturated rings. The first kappa shape index (κ1) is 12.8. The normalized spacial score (nSPS) is 10.5. The van der Waals surface area contributed by atoms with Crippen LogP contribution in [0.4, 0.5) is 4.39 Å². The Kier molecular flexibility index (Phi) is 3.48. The van der Waals surface area contributed by atoms with Crippen molar-refractivity contribution in [2.45, 2.75) is 13.8 Å². The molecule has 0 saturated heterocycles. The Morgan fingerprint density at radius 2 is 1.94 bits per heavy atom. The van der Waals surface area contributed by atoms with Crippen molar-refractivity contribution in [2.24, 2.45) is 0 Å². The zero-order valence-corrected chi connectivity index (χ0v) is 11.0. The van der Waals surface area contributed by atoms with Gasteiger partial charge in [0, 0.05) is 11.1 Å². The average Bonchev–Trinajstić information content (AvgIpc) is 2.34. The van der Waals surface area contributed by atoms with E-state index < -0.39 is 5.82 Å². The molecule has 0 unspecified atom stereocenters. The second-order valence-electron chi connectivity index (χ2n) is 3.86. The van der Waals surface area contributed by atoms with Crippen LogP contribution in [-0.2, 0) is 0 Å². The van der Waals surface area contributed by atoms with Crippen molar-refractivity contribution in [3.05, 3.63) is 40.6 Å². The summed E-state index contributed by atoms with van der Waals surface area (Å²) >= 11 is 5.99. The Bertz CT molecular complexity index is 602. The smallest absolute Gasteiger partial charge is 0.174 e. The Balaban J connectivity index is 2.69. The van der Waals surface area contributed by atoms with E-state index in [1.807, 2.05) is 0 Å². The largest absolute Gasteiger partial charge is 0.494 e.